The maximum atomic E-state index is 5.66. The van der Waals surface area contributed by atoms with Crippen LogP contribution in [0.3, 0.4) is 0 Å². The van der Waals surface area contributed by atoms with Crippen molar-refractivity contribution in [2.75, 3.05) is 0 Å². The Hall–Kier alpha value is -0.140. The van der Waals surface area contributed by atoms with Crippen LogP contribution in [0.15, 0.2) is 23.1 Å². The van der Waals surface area contributed by atoms with Crippen LogP contribution in [0.4, 0.5) is 0 Å². The van der Waals surface area contributed by atoms with Crippen molar-refractivity contribution in [3.05, 3.63) is 29.3 Å². The van der Waals surface area contributed by atoms with Gasteiger partial charge >= 0.3 is 0 Å². The molecule has 1 aromatic rings. The van der Waals surface area contributed by atoms with Crippen LogP contribution in [0.5, 0.6) is 0 Å². The Morgan fingerprint density at radius 2 is 2.20 bits per heavy atom. The Morgan fingerprint density at radius 1 is 1.50 bits per heavy atom. The minimum atomic E-state index is 0.542. The van der Waals surface area contributed by atoms with E-state index >= 15 is 0 Å². The highest BCUT2D eigenvalue weighted by atomic mass is 35.5. The lowest BCUT2D eigenvalue weighted by Gasteiger charge is -2.02. The molecule has 0 heterocycles. The molecular formula is C8H9ClS. The van der Waals surface area contributed by atoms with Gasteiger partial charge in [0.25, 0.3) is 0 Å². The van der Waals surface area contributed by atoms with Crippen molar-refractivity contribution < 1.29 is 0 Å². The van der Waals surface area contributed by atoms with E-state index in [9.17, 15) is 0 Å². The minimum absolute atomic E-state index is 0.542. The fourth-order valence-corrected chi connectivity index (χ4v) is 1.37. The maximum Gasteiger partial charge on any atom is 0.0485 e. The van der Waals surface area contributed by atoms with Gasteiger partial charge in [-0.15, -0.1) is 24.2 Å². The lowest BCUT2D eigenvalue weighted by Crippen LogP contribution is -1.83. The Morgan fingerprint density at radius 3 is 2.70 bits per heavy atom. The Labute approximate surface area is 71.6 Å². The van der Waals surface area contributed by atoms with E-state index in [2.05, 4.69) is 12.6 Å². The molecule has 0 fully saturated rings. The SMILES string of the molecule is Cc1cccc(CCl)c1S. The lowest BCUT2D eigenvalue weighted by atomic mass is 10.2. The standard InChI is InChI=1S/C8H9ClS/c1-6-3-2-4-7(5-9)8(6)10/h2-4,10H,5H2,1H3. The van der Waals surface area contributed by atoms with Gasteiger partial charge in [-0.3, -0.25) is 0 Å². The number of alkyl halides is 1. The van der Waals surface area contributed by atoms with Gasteiger partial charge in [0, 0.05) is 10.8 Å². The van der Waals surface area contributed by atoms with Crippen molar-refractivity contribution in [1.82, 2.24) is 0 Å². The predicted octanol–water partition coefficient (Wildman–Crippen LogP) is 3.02. The van der Waals surface area contributed by atoms with Crippen LogP contribution in [-0.4, -0.2) is 0 Å². The predicted molar refractivity (Wildman–Crippen MR) is 48.0 cm³/mol. The van der Waals surface area contributed by atoms with E-state index in [0.29, 0.717) is 5.88 Å². The van der Waals surface area contributed by atoms with Gasteiger partial charge in [0.05, 0.1) is 0 Å². The van der Waals surface area contributed by atoms with E-state index in [0.717, 1.165) is 10.5 Å². The molecule has 0 aromatic heterocycles. The maximum absolute atomic E-state index is 5.66. The largest absolute Gasteiger partial charge is 0.143 e. The highest BCUT2D eigenvalue weighted by Crippen LogP contribution is 2.19. The Balaban J connectivity index is 3.14. The van der Waals surface area contributed by atoms with Crippen molar-refractivity contribution in [3.8, 4) is 0 Å². The van der Waals surface area contributed by atoms with Crippen LogP contribution in [0.2, 0.25) is 0 Å². The van der Waals surface area contributed by atoms with Gasteiger partial charge in [-0.1, -0.05) is 18.2 Å². The molecule has 0 aliphatic heterocycles. The highest BCUT2D eigenvalue weighted by molar-refractivity contribution is 7.80. The molecule has 0 N–H and O–H groups in total. The number of rotatable bonds is 1. The van der Waals surface area contributed by atoms with Crippen molar-refractivity contribution in [3.63, 3.8) is 0 Å². The van der Waals surface area contributed by atoms with Gasteiger partial charge in [-0.05, 0) is 18.1 Å². The zero-order valence-electron chi connectivity index (χ0n) is 5.76. The number of aryl methyl sites for hydroxylation is 1. The first-order chi connectivity index (χ1) is 4.75. The first kappa shape index (κ1) is 7.96. The van der Waals surface area contributed by atoms with Gasteiger partial charge < -0.3 is 0 Å². The summed E-state index contributed by atoms with van der Waals surface area (Å²) >= 11 is 9.96. The molecule has 0 spiro atoms. The molecular weight excluding hydrogens is 164 g/mol. The molecule has 0 atom stereocenters. The number of hydrogen-bond donors (Lipinski definition) is 1. The summed E-state index contributed by atoms with van der Waals surface area (Å²) in [5, 5.41) is 0. The minimum Gasteiger partial charge on any atom is -0.143 e. The quantitative estimate of drug-likeness (QED) is 0.489. The first-order valence-corrected chi connectivity index (χ1v) is 4.07. The number of benzene rings is 1. The van der Waals surface area contributed by atoms with E-state index in [4.69, 9.17) is 11.6 Å². The zero-order chi connectivity index (χ0) is 7.56. The summed E-state index contributed by atoms with van der Waals surface area (Å²) in [5.74, 6) is 0.542. The molecule has 1 aromatic carbocycles. The topological polar surface area (TPSA) is 0 Å². The van der Waals surface area contributed by atoms with Crippen molar-refractivity contribution in [2.24, 2.45) is 0 Å². The second-order valence-corrected chi connectivity index (χ2v) is 2.93. The molecule has 0 saturated heterocycles. The highest BCUT2D eigenvalue weighted by Gasteiger charge is 1.97. The molecule has 1 rings (SSSR count). The van der Waals surface area contributed by atoms with Gasteiger partial charge in [-0.25, -0.2) is 0 Å². The molecule has 0 aliphatic carbocycles. The van der Waals surface area contributed by atoms with E-state index < -0.39 is 0 Å². The fraction of sp³-hybridized carbons (Fsp3) is 0.250. The fourth-order valence-electron chi connectivity index (χ4n) is 0.828. The van der Waals surface area contributed by atoms with Gasteiger partial charge in [0.2, 0.25) is 0 Å². The van der Waals surface area contributed by atoms with Crippen LogP contribution >= 0.6 is 24.2 Å². The van der Waals surface area contributed by atoms with Crippen LogP contribution in [-0.2, 0) is 5.88 Å². The second-order valence-electron chi connectivity index (χ2n) is 2.22. The summed E-state index contributed by atoms with van der Waals surface area (Å²) in [4.78, 5) is 1.01. The number of thiol groups is 1. The molecule has 0 amide bonds. The van der Waals surface area contributed by atoms with E-state index in [1.807, 2.05) is 25.1 Å². The summed E-state index contributed by atoms with van der Waals surface area (Å²) < 4.78 is 0. The molecule has 0 bridgehead atoms. The molecule has 54 valence electrons. The van der Waals surface area contributed by atoms with Gasteiger partial charge in [0.15, 0.2) is 0 Å². The normalized spacial score (nSPS) is 9.90. The summed E-state index contributed by atoms with van der Waals surface area (Å²) in [6.45, 7) is 2.03. The molecule has 0 radical (unpaired) electrons. The lowest BCUT2D eigenvalue weighted by molar-refractivity contribution is 1.20. The van der Waals surface area contributed by atoms with Crippen molar-refractivity contribution in [1.29, 1.82) is 0 Å². The summed E-state index contributed by atoms with van der Waals surface area (Å²) in [6, 6.07) is 6.01. The third-order valence-electron chi connectivity index (χ3n) is 1.47. The van der Waals surface area contributed by atoms with Gasteiger partial charge in [-0.2, -0.15) is 0 Å². The molecule has 0 aliphatic rings. The summed E-state index contributed by atoms with van der Waals surface area (Å²) in [7, 11) is 0. The van der Waals surface area contributed by atoms with Crippen molar-refractivity contribution in [2.45, 2.75) is 17.7 Å². The molecule has 2 heteroatoms. The number of hydrogen-bond acceptors (Lipinski definition) is 1. The zero-order valence-corrected chi connectivity index (χ0v) is 7.41. The first-order valence-electron chi connectivity index (χ1n) is 3.09. The van der Waals surface area contributed by atoms with Crippen molar-refractivity contribution >= 4 is 24.2 Å². The Kier molecular flexibility index (Phi) is 2.64. The van der Waals surface area contributed by atoms with Gasteiger partial charge in [0.1, 0.15) is 0 Å². The van der Waals surface area contributed by atoms with Crippen LogP contribution in [0.25, 0.3) is 0 Å². The monoisotopic (exact) mass is 172 g/mol. The number of halogens is 1. The summed E-state index contributed by atoms with van der Waals surface area (Å²) in [5.41, 5.74) is 2.28. The van der Waals surface area contributed by atoms with E-state index in [-0.39, 0.29) is 0 Å². The smallest absolute Gasteiger partial charge is 0.0485 e. The third-order valence-corrected chi connectivity index (χ3v) is 2.39. The molecule has 0 nitrogen and oxygen atoms in total. The van der Waals surface area contributed by atoms with Crippen LogP contribution < -0.4 is 0 Å². The third kappa shape index (κ3) is 1.47. The van der Waals surface area contributed by atoms with Crippen LogP contribution in [0.1, 0.15) is 11.1 Å². The molecule has 0 saturated carbocycles. The average molecular weight is 173 g/mol. The summed E-state index contributed by atoms with van der Waals surface area (Å²) in [6.07, 6.45) is 0. The molecule has 10 heavy (non-hydrogen) atoms. The average Bonchev–Trinajstić information content (AvgIpc) is 1.95. The second kappa shape index (κ2) is 3.31. The van der Waals surface area contributed by atoms with E-state index in [1.165, 1.54) is 5.56 Å². The van der Waals surface area contributed by atoms with Crippen LogP contribution in [0, 0.1) is 6.92 Å². The molecule has 0 unspecified atom stereocenters. The Bertz CT molecular complexity index is 233. The van der Waals surface area contributed by atoms with E-state index in [1.54, 1.807) is 0 Å².